The zero-order chi connectivity index (χ0) is 11.7. The highest BCUT2D eigenvalue weighted by atomic mass is 79.9. The van der Waals surface area contributed by atoms with Crippen molar-refractivity contribution in [2.45, 2.75) is 6.92 Å². The van der Waals surface area contributed by atoms with Crippen molar-refractivity contribution in [1.82, 2.24) is 0 Å². The van der Waals surface area contributed by atoms with Gasteiger partial charge in [-0.1, -0.05) is 28.1 Å². The first-order valence-electron chi connectivity index (χ1n) is 4.79. The van der Waals surface area contributed by atoms with E-state index in [0.29, 0.717) is 5.56 Å². The highest BCUT2D eigenvalue weighted by Crippen LogP contribution is 2.27. The van der Waals surface area contributed by atoms with Gasteiger partial charge in [-0.2, -0.15) is 0 Å². The molecular weight excluding hydrogens is 274 g/mol. The van der Waals surface area contributed by atoms with Gasteiger partial charge in [-0.25, -0.2) is 8.78 Å². The Balaban J connectivity index is 2.54. The monoisotopic (exact) mass is 282 g/mol. The Morgan fingerprint density at radius 1 is 1.00 bits per heavy atom. The summed E-state index contributed by atoms with van der Waals surface area (Å²) < 4.78 is 27.2. The van der Waals surface area contributed by atoms with Gasteiger partial charge < -0.3 is 0 Å². The third-order valence-electron chi connectivity index (χ3n) is 2.41. The number of benzene rings is 2. The van der Waals surface area contributed by atoms with E-state index in [1.807, 2.05) is 25.1 Å². The van der Waals surface area contributed by atoms with Crippen molar-refractivity contribution in [2.24, 2.45) is 0 Å². The maximum atomic E-state index is 13.5. The Labute approximate surface area is 101 Å². The Morgan fingerprint density at radius 2 is 1.75 bits per heavy atom. The standard InChI is InChI=1S/C13H9BrF2/c1-8-2-3-9(6-12(8)14)11-5-4-10(15)7-13(11)16/h2-7H,1H3. The second-order valence-corrected chi connectivity index (χ2v) is 4.44. The molecule has 2 aromatic carbocycles. The minimum atomic E-state index is -0.563. The van der Waals surface area contributed by atoms with E-state index in [4.69, 9.17) is 0 Å². The first kappa shape index (κ1) is 11.3. The largest absolute Gasteiger partial charge is 0.207 e. The quantitative estimate of drug-likeness (QED) is 0.711. The normalized spacial score (nSPS) is 10.5. The van der Waals surface area contributed by atoms with E-state index in [2.05, 4.69) is 15.9 Å². The fourth-order valence-electron chi connectivity index (χ4n) is 1.48. The van der Waals surface area contributed by atoms with E-state index in [1.54, 1.807) is 0 Å². The maximum Gasteiger partial charge on any atom is 0.133 e. The van der Waals surface area contributed by atoms with Gasteiger partial charge in [0.25, 0.3) is 0 Å². The summed E-state index contributed by atoms with van der Waals surface area (Å²) in [6.45, 7) is 1.95. The van der Waals surface area contributed by atoms with Gasteiger partial charge in [-0.3, -0.25) is 0 Å². The van der Waals surface area contributed by atoms with E-state index < -0.39 is 11.6 Å². The molecule has 0 N–H and O–H groups in total. The summed E-state index contributed by atoms with van der Waals surface area (Å²) in [4.78, 5) is 0. The highest BCUT2D eigenvalue weighted by molar-refractivity contribution is 9.10. The van der Waals surface area contributed by atoms with Crippen LogP contribution in [0.1, 0.15) is 5.56 Å². The van der Waals surface area contributed by atoms with E-state index in [1.165, 1.54) is 12.1 Å². The fraction of sp³-hybridized carbons (Fsp3) is 0.0769. The molecule has 0 nitrogen and oxygen atoms in total. The zero-order valence-electron chi connectivity index (χ0n) is 8.60. The van der Waals surface area contributed by atoms with Crippen LogP contribution in [0.25, 0.3) is 11.1 Å². The van der Waals surface area contributed by atoms with Crippen molar-refractivity contribution in [3.8, 4) is 11.1 Å². The van der Waals surface area contributed by atoms with Crippen LogP contribution in [0.2, 0.25) is 0 Å². The van der Waals surface area contributed by atoms with Crippen LogP contribution in [0.15, 0.2) is 40.9 Å². The van der Waals surface area contributed by atoms with Crippen molar-refractivity contribution in [1.29, 1.82) is 0 Å². The Bertz CT molecular complexity index is 535. The van der Waals surface area contributed by atoms with Gasteiger partial charge in [-0.15, -0.1) is 0 Å². The van der Waals surface area contributed by atoms with Crippen molar-refractivity contribution in [2.75, 3.05) is 0 Å². The van der Waals surface area contributed by atoms with Gasteiger partial charge in [0, 0.05) is 16.1 Å². The number of halogens is 3. The fourth-order valence-corrected chi connectivity index (χ4v) is 1.86. The lowest BCUT2D eigenvalue weighted by Crippen LogP contribution is -1.87. The van der Waals surface area contributed by atoms with Gasteiger partial charge in [0.2, 0.25) is 0 Å². The second kappa shape index (κ2) is 4.34. The van der Waals surface area contributed by atoms with Crippen LogP contribution >= 0.6 is 15.9 Å². The molecule has 0 aliphatic heterocycles. The molecule has 0 heterocycles. The zero-order valence-corrected chi connectivity index (χ0v) is 10.2. The average molecular weight is 283 g/mol. The number of aryl methyl sites for hydroxylation is 1. The molecular formula is C13H9BrF2. The Hall–Kier alpha value is -1.22. The van der Waals surface area contributed by atoms with Crippen LogP contribution in [-0.4, -0.2) is 0 Å². The van der Waals surface area contributed by atoms with Crippen LogP contribution in [0.5, 0.6) is 0 Å². The molecule has 0 aliphatic rings. The smallest absolute Gasteiger partial charge is 0.133 e. The number of rotatable bonds is 1. The Morgan fingerprint density at radius 3 is 2.38 bits per heavy atom. The van der Waals surface area contributed by atoms with Gasteiger partial charge in [0.15, 0.2) is 0 Å². The van der Waals surface area contributed by atoms with Crippen LogP contribution in [0.4, 0.5) is 8.78 Å². The van der Waals surface area contributed by atoms with Crippen LogP contribution in [0.3, 0.4) is 0 Å². The summed E-state index contributed by atoms with van der Waals surface area (Å²) in [7, 11) is 0. The molecule has 0 fully saturated rings. The molecule has 0 saturated heterocycles. The van der Waals surface area contributed by atoms with E-state index in [-0.39, 0.29) is 0 Å². The minimum absolute atomic E-state index is 0.405. The lowest BCUT2D eigenvalue weighted by molar-refractivity contribution is 0.585. The van der Waals surface area contributed by atoms with Gasteiger partial charge >= 0.3 is 0 Å². The number of hydrogen-bond donors (Lipinski definition) is 0. The second-order valence-electron chi connectivity index (χ2n) is 3.59. The van der Waals surface area contributed by atoms with E-state index >= 15 is 0 Å². The molecule has 3 heteroatoms. The van der Waals surface area contributed by atoms with Crippen LogP contribution < -0.4 is 0 Å². The lowest BCUT2D eigenvalue weighted by atomic mass is 10.0. The molecule has 0 unspecified atom stereocenters. The molecule has 0 saturated carbocycles. The molecule has 0 atom stereocenters. The SMILES string of the molecule is Cc1ccc(-c2ccc(F)cc2F)cc1Br. The molecule has 0 aromatic heterocycles. The summed E-state index contributed by atoms with van der Waals surface area (Å²) >= 11 is 3.39. The lowest BCUT2D eigenvalue weighted by Gasteiger charge is -2.05. The summed E-state index contributed by atoms with van der Waals surface area (Å²) in [5.41, 5.74) is 2.21. The molecule has 2 rings (SSSR count). The topological polar surface area (TPSA) is 0 Å². The van der Waals surface area contributed by atoms with Crippen molar-refractivity contribution in [3.05, 3.63) is 58.1 Å². The summed E-state index contributed by atoms with van der Waals surface area (Å²) in [5.74, 6) is -1.11. The molecule has 0 radical (unpaired) electrons. The average Bonchev–Trinajstić information content (AvgIpc) is 2.22. The van der Waals surface area contributed by atoms with Gasteiger partial charge in [0.05, 0.1) is 0 Å². The highest BCUT2D eigenvalue weighted by Gasteiger charge is 2.07. The third kappa shape index (κ3) is 2.14. The van der Waals surface area contributed by atoms with Crippen molar-refractivity contribution < 1.29 is 8.78 Å². The third-order valence-corrected chi connectivity index (χ3v) is 3.27. The minimum Gasteiger partial charge on any atom is -0.207 e. The Kier molecular flexibility index (Phi) is 3.06. The molecule has 16 heavy (non-hydrogen) atoms. The summed E-state index contributed by atoms with van der Waals surface area (Å²) in [5, 5.41) is 0. The first-order chi connectivity index (χ1) is 7.58. The summed E-state index contributed by atoms with van der Waals surface area (Å²) in [6.07, 6.45) is 0. The van der Waals surface area contributed by atoms with Crippen LogP contribution in [0, 0.1) is 18.6 Å². The molecule has 0 bridgehead atoms. The molecule has 0 aliphatic carbocycles. The van der Waals surface area contributed by atoms with E-state index in [9.17, 15) is 8.78 Å². The molecule has 82 valence electrons. The van der Waals surface area contributed by atoms with Gasteiger partial charge in [-0.05, 0) is 36.2 Å². The predicted molar refractivity (Wildman–Crippen MR) is 64.2 cm³/mol. The summed E-state index contributed by atoms with van der Waals surface area (Å²) in [6, 6.07) is 9.13. The van der Waals surface area contributed by atoms with Crippen LogP contribution in [-0.2, 0) is 0 Å². The maximum absolute atomic E-state index is 13.5. The predicted octanol–water partition coefficient (Wildman–Crippen LogP) is 4.70. The molecule has 2 aromatic rings. The molecule has 0 spiro atoms. The van der Waals surface area contributed by atoms with Crippen molar-refractivity contribution >= 4 is 15.9 Å². The van der Waals surface area contributed by atoms with Gasteiger partial charge in [0.1, 0.15) is 11.6 Å². The van der Waals surface area contributed by atoms with E-state index in [0.717, 1.165) is 21.7 Å². The molecule has 0 amide bonds. The first-order valence-corrected chi connectivity index (χ1v) is 5.59. The van der Waals surface area contributed by atoms with Crippen molar-refractivity contribution in [3.63, 3.8) is 0 Å². The number of hydrogen-bond acceptors (Lipinski definition) is 0.